The van der Waals surface area contributed by atoms with Crippen molar-refractivity contribution < 1.29 is 10.1 Å². The maximum atomic E-state index is 7.58. The van der Waals surface area contributed by atoms with Crippen LogP contribution in [0.25, 0.3) is 0 Å². The van der Waals surface area contributed by atoms with Gasteiger partial charge in [-0.25, -0.2) is 4.89 Å². The summed E-state index contributed by atoms with van der Waals surface area (Å²) in [5.41, 5.74) is 9.79. The average molecular weight is 92.1 g/mol. The van der Waals surface area contributed by atoms with Crippen LogP contribution in [0.15, 0.2) is 0 Å². The van der Waals surface area contributed by atoms with E-state index in [1.807, 2.05) is 0 Å². The summed E-state index contributed by atoms with van der Waals surface area (Å²) in [6.07, 6.45) is -0.574. The van der Waals surface area contributed by atoms with E-state index in [4.69, 9.17) is 16.7 Å². The van der Waals surface area contributed by atoms with Crippen molar-refractivity contribution >= 4 is 0 Å². The molecule has 0 saturated carbocycles. The highest BCUT2D eigenvalue weighted by molar-refractivity contribution is 4.41. The lowest BCUT2D eigenvalue weighted by molar-refractivity contribution is -0.244. The molecule has 0 aliphatic heterocycles. The Morgan fingerprint density at radius 2 is 2.17 bits per heavy atom. The van der Waals surface area contributed by atoms with Crippen molar-refractivity contribution in [2.24, 2.45) is 11.5 Å². The zero-order valence-electron chi connectivity index (χ0n) is 3.29. The molecule has 0 rings (SSSR count). The molecule has 0 aromatic heterocycles. The van der Waals surface area contributed by atoms with Gasteiger partial charge in [-0.15, -0.1) is 0 Å². The lowest BCUT2D eigenvalue weighted by atomic mass is 10.6. The van der Waals surface area contributed by atoms with E-state index in [2.05, 4.69) is 4.89 Å². The van der Waals surface area contributed by atoms with Gasteiger partial charge in [0.15, 0.2) is 0 Å². The van der Waals surface area contributed by atoms with Gasteiger partial charge in [0.2, 0.25) is 0 Å². The average Bonchev–Trinajstić information content (AvgIpc) is 1.35. The van der Waals surface area contributed by atoms with Gasteiger partial charge in [0, 0.05) is 0 Å². The van der Waals surface area contributed by atoms with Crippen molar-refractivity contribution in [3.8, 4) is 0 Å². The lowest BCUT2D eigenvalue weighted by Crippen LogP contribution is -2.34. The third-order valence-electron chi connectivity index (χ3n) is 0.267. The Kier molecular flexibility index (Phi) is 2.97. The summed E-state index contributed by atoms with van der Waals surface area (Å²) < 4.78 is 0. The second kappa shape index (κ2) is 3.05. The van der Waals surface area contributed by atoms with Gasteiger partial charge in [-0.1, -0.05) is 0 Å². The minimum atomic E-state index is -0.574. The Labute approximate surface area is 35.6 Å². The molecule has 0 aliphatic rings. The van der Waals surface area contributed by atoms with Crippen LogP contribution in [0.1, 0.15) is 0 Å². The topological polar surface area (TPSA) is 81.5 Å². The van der Waals surface area contributed by atoms with Crippen molar-refractivity contribution in [3.05, 3.63) is 0 Å². The molecule has 0 bridgehead atoms. The van der Waals surface area contributed by atoms with E-state index in [1.165, 1.54) is 0 Å². The van der Waals surface area contributed by atoms with Gasteiger partial charge in [0.05, 0.1) is 6.17 Å². The standard InChI is InChI=1S/C2H8N2O2/c3-2(4)1-6-5/h2,5H,1,3-4H2. The highest BCUT2D eigenvalue weighted by Gasteiger charge is 1.87. The third kappa shape index (κ3) is 3.84. The first-order chi connectivity index (χ1) is 2.77. The van der Waals surface area contributed by atoms with Gasteiger partial charge < -0.3 is 11.5 Å². The molecule has 4 nitrogen and oxygen atoms in total. The van der Waals surface area contributed by atoms with E-state index in [-0.39, 0.29) is 6.61 Å². The van der Waals surface area contributed by atoms with E-state index < -0.39 is 6.17 Å². The fraction of sp³-hybridized carbons (Fsp3) is 1.00. The van der Waals surface area contributed by atoms with E-state index >= 15 is 0 Å². The molecular formula is C2H8N2O2. The second-order valence-corrected chi connectivity index (χ2v) is 0.960. The Hall–Kier alpha value is -0.160. The molecule has 0 atom stereocenters. The quantitative estimate of drug-likeness (QED) is 0.225. The Morgan fingerprint density at radius 3 is 2.17 bits per heavy atom. The summed E-state index contributed by atoms with van der Waals surface area (Å²) in [7, 11) is 0. The lowest BCUT2D eigenvalue weighted by Gasteiger charge is -1.96. The highest BCUT2D eigenvalue weighted by atomic mass is 17.1. The molecule has 0 aromatic carbocycles. The summed E-state index contributed by atoms with van der Waals surface area (Å²) in [6.45, 7) is -0.0139. The largest absolute Gasteiger partial charge is 0.314 e. The van der Waals surface area contributed by atoms with E-state index in [0.717, 1.165) is 0 Å². The van der Waals surface area contributed by atoms with Crippen LogP contribution in [0.5, 0.6) is 0 Å². The molecule has 4 heteroatoms. The summed E-state index contributed by atoms with van der Waals surface area (Å²) in [5, 5.41) is 7.58. The Balaban J connectivity index is 2.63. The zero-order chi connectivity index (χ0) is 4.99. The van der Waals surface area contributed by atoms with Crippen LogP contribution in [0.3, 0.4) is 0 Å². The van der Waals surface area contributed by atoms with Crippen LogP contribution in [0.2, 0.25) is 0 Å². The first-order valence-corrected chi connectivity index (χ1v) is 1.55. The van der Waals surface area contributed by atoms with E-state index in [0.29, 0.717) is 0 Å². The molecule has 0 saturated heterocycles. The van der Waals surface area contributed by atoms with Crippen molar-refractivity contribution in [1.29, 1.82) is 0 Å². The number of rotatable bonds is 2. The number of hydrogen-bond acceptors (Lipinski definition) is 4. The van der Waals surface area contributed by atoms with Crippen LogP contribution < -0.4 is 11.5 Å². The number of nitrogens with two attached hydrogens (primary N) is 2. The molecule has 0 fully saturated rings. The van der Waals surface area contributed by atoms with Gasteiger partial charge in [-0.05, 0) is 0 Å². The smallest absolute Gasteiger partial charge is 0.110 e. The van der Waals surface area contributed by atoms with E-state index in [1.54, 1.807) is 0 Å². The Bertz CT molecular complexity index is 30.7. The minimum absolute atomic E-state index is 0.0139. The fourth-order valence-electron chi connectivity index (χ4n) is 0.0861. The van der Waals surface area contributed by atoms with Crippen molar-refractivity contribution in [1.82, 2.24) is 0 Å². The molecule has 0 heterocycles. The van der Waals surface area contributed by atoms with Gasteiger partial charge in [0.1, 0.15) is 6.61 Å². The van der Waals surface area contributed by atoms with Gasteiger partial charge in [-0.3, -0.25) is 5.26 Å². The zero-order valence-corrected chi connectivity index (χ0v) is 3.29. The summed E-state index contributed by atoms with van der Waals surface area (Å²) in [6, 6.07) is 0. The number of hydrogen-bond donors (Lipinski definition) is 3. The minimum Gasteiger partial charge on any atom is -0.314 e. The molecule has 0 spiro atoms. The van der Waals surface area contributed by atoms with Crippen LogP contribution in [-0.4, -0.2) is 18.0 Å². The van der Waals surface area contributed by atoms with E-state index in [9.17, 15) is 0 Å². The Morgan fingerprint density at radius 1 is 1.67 bits per heavy atom. The van der Waals surface area contributed by atoms with Crippen molar-refractivity contribution in [2.45, 2.75) is 6.17 Å². The summed E-state index contributed by atoms with van der Waals surface area (Å²) in [4.78, 5) is 3.55. The van der Waals surface area contributed by atoms with Gasteiger partial charge in [0.25, 0.3) is 0 Å². The van der Waals surface area contributed by atoms with Gasteiger partial charge >= 0.3 is 0 Å². The maximum Gasteiger partial charge on any atom is 0.110 e. The predicted molar refractivity (Wildman–Crippen MR) is 20.7 cm³/mol. The monoisotopic (exact) mass is 92.1 g/mol. The third-order valence-corrected chi connectivity index (χ3v) is 0.267. The SMILES string of the molecule is NC(N)COO. The van der Waals surface area contributed by atoms with Crippen molar-refractivity contribution in [3.63, 3.8) is 0 Å². The molecule has 5 N–H and O–H groups in total. The second-order valence-electron chi connectivity index (χ2n) is 0.960. The van der Waals surface area contributed by atoms with Crippen LogP contribution in [0.4, 0.5) is 0 Å². The molecule has 0 aliphatic carbocycles. The molecule has 0 amide bonds. The first-order valence-electron chi connectivity index (χ1n) is 1.55. The molecule has 6 heavy (non-hydrogen) atoms. The first kappa shape index (κ1) is 5.84. The predicted octanol–water partition coefficient (Wildman–Crippen LogP) is -1.28. The molecule has 0 aromatic rings. The van der Waals surface area contributed by atoms with Crippen LogP contribution >= 0.6 is 0 Å². The van der Waals surface area contributed by atoms with Crippen LogP contribution in [-0.2, 0) is 4.89 Å². The normalized spacial score (nSPS) is 10.0. The van der Waals surface area contributed by atoms with Gasteiger partial charge in [-0.2, -0.15) is 0 Å². The molecule has 38 valence electrons. The molecule has 0 radical (unpaired) electrons. The molecule has 0 unspecified atom stereocenters. The van der Waals surface area contributed by atoms with Crippen molar-refractivity contribution in [2.75, 3.05) is 6.61 Å². The summed E-state index contributed by atoms with van der Waals surface area (Å²) >= 11 is 0. The van der Waals surface area contributed by atoms with Crippen LogP contribution in [0, 0.1) is 0 Å². The highest BCUT2D eigenvalue weighted by Crippen LogP contribution is 1.61. The molecular weight excluding hydrogens is 84.0 g/mol. The fourth-order valence-corrected chi connectivity index (χ4v) is 0.0861. The maximum absolute atomic E-state index is 7.58. The summed E-state index contributed by atoms with van der Waals surface area (Å²) in [5.74, 6) is 0.